The predicted octanol–water partition coefficient (Wildman–Crippen LogP) is 2.72. The Morgan fingerprint density at radius 2 is 2.06 bits per heavy atom. The van der Waals surface area contributed by atoms with Crippen molar-refractivity contribution in [2.75, 3.05) is 18.8 Å². The van der Waals surface area contributed by atoms with Crippen LogP contribution in [0.2, 0.25) is 0 Å². The van der Waals surface area contributed by atoms with E-state index in [4.69, 9.17) is 4.55 Å². The molecule has 1 unspecified atom stereocenters. The van der Waals surface area contributed by atoms with Gasteiger partial charge in [-0.05, 0) is 42.1 Å². The van der Waals surface area contributed by atoms with E-state index in [9.17, 15) is 8.42 Å². The van der Waals surface area contributed by atoms with E-state index in [0.29, 0.717) is 16.5 Å². The Kier molecular flexibility index (Phi) is 7.60. The normalized spacial score (nSPS) is 19.2. The van der Waals surface area contributed by atoms with Crippen LogP contribution in [0.1, 0.15) is 45.4 Å². The molecule has 0 aromatic heterocycles. The summed E-state index contributed by atoms with van der Waals surface area (Å²) in [4.78, 5) is 0. The van der Waals surface area contributed by atoms with Crippen LogP contribution < -0.4 is 5.32 Å². The van der Waals surface area contributed by atoms with Crippen LogP contribution >= 0.6 is 10.8 Å². The monoisotopic (exact) mass is 295 g/mol. The van der Waals surface area contributed by atoms with E-state index in [0.717, 1.165) is 31.3 Å². The zero-order chi connectivity index (χ0) is 13.4. The highest BCUT2D eigenvalue weighted by atomic mass is 33.1. The highest BCUT2D eigenvalue weighted by Crippen LogP contribution is 2.32. The van der Waals surface area contributed by atoms with Crippen molar-refractivity contribution in [3.63, 3.8) is 0 Å². The van der Waals surface area contributed by atoms with E-state index in [-0.39, 0.29) is 0 Å². The standard InChI is InChI=1S/C12H25NO3S2/c1-2-11(12-6-3-4-7-12)10-13-8-5-9-17-18(14,15)16/h11-13H,2-10H2,1H3,(H,14,15,16). The number of hydrogen-bond acceptors (Lipinski definition) is 4. The summed E-state index contributed by atoms with van der Waals surface area (Å²) in [6, 6.07) is 0. The Hall–Kier alpha value is 0.220. The number of hydrogen-bond donors (Lipinski definition) is 2. The van der Waals surface area contributed by atoms with Crippen LogP contribution in [0.25, 0.3) is 0 Å². The first kappa shape index (κ1) is 16.3. The molecule has 1 fully saturated rings. The maximum Gasteiger partial charge on any atom is 0.319 e. The molecular formula is C12H25NO3S2. The molecule has 0 heterocycles. The highest BCUT2D eigenvalue weighted by Gasteiger charge is 2.22. The molecule has 18 heavy (non-hydrogen) atoms. The summed E-state index contributed by atoms with van der Waals surface area (Å²) >= 11 is 0. The van der Waals surface area contributed by atoms with Crippen LogP contribution in [0, 0.1) is 11.8 Å². The lowest BCUT2D eigenvalue weighted by atomic mass is 9.88. The van der Waals surface area contributed by atoms with Crippen LogP contribution in [0.5, 0.6) is 0 Å². The van der Waals surface area contributed by atoms with E-state index in [2.05, 4.69) is 12.2 Å². The fraction of sp³-hybridized carbons (Fsp3) is 1.00. The van der Waals surface area contributed by atoms with Crippen molar-refractivity contribution in [2.45, 2.75) is 45.4 Å². The van der Waals surface area contributed by atoms with Gasteiger partial charge in [0.05, 0.1) is 0 Å². The fourth-order valence-electron chi connectivity index (χ4n) is 2.72. The van der Waals surface area contributed by atoms with Gasteiger partial charge in [0, 0.05) is 5.75 Å². The Morgan fingerprint density at radius 1 is 1.39 bits per heavy atom. The molecule has 1 aliphatic rings. The molecule has 0 aliphatic heterocycles. The minimum Gasteiger partial charge on any atom is -0.316 e. The molecule has 0 aromatic carbocycles. The molecule has 4 nitrogen and oxygen atoms in total. The highest BCUT2D eigenvalue weighted by molar-refractivity contribution is 8.69. The second-order valence-electron chi connectivity index (χ2n) is 5.02. The van der Waals surface area contributed by atoms with Crippen molar-refractivity contribution in [1.29, 1.82) is 0 Å². The van der Waals surface area contributed by atoms with Crippen molar-refractivity contribution in [1.82, 2.24) is 5.32 Å². The number of nitrogens with one attached hydrogen (secondary N) is 1. The van der Waals surface area contributed by atoms with Gasteiger partial charge in [-0.1, -0.05) is 39.0 Å². The van der Waals surface area contributed by atoms with Crippen LogP contribution in [0.4, 0.5) is 0 Å². The summed E-state index contributed by atoms with van der Waals surface area (Å²) in [5.41, 5.74) is 0. The minimum absolute atomic E-state index is 0.450. The van der Waals surface area contributed by atoms with Crippen molar-refractivity contribution in [2.24, 2.45) is 11.8 Å². The third-order valence-corrected chi connectivity index (χ3v) is 5.87. The first-order valence-corrected chi connectivity index (χ1v) is 9.79. The molecule has 0 spiro atoms. The van der Waals surface area contributed by atoms with Gasteiger partial charge < -0.3 is 5.32 Å². The van der Waals surface area contributed by atoms with E-state index in [1.807, 2.05) is 0 Å². The molecule has 1 atom stereocenters. The molecule has 2 N–H and O–H groups in total. The molecule has 0 saturated heterocycles. The second kappa shape index (κ2) is 8.40. The molecular weight excluding hydrogens is 270 g/mol. The third-order valence-electron chi connectivity index (χ3n) is 3.73. The zero-order valence-corrected chi connectivity index (χ0v) is 12.7. The lowest BCUT2D eigenvalue weighted by Gasteiger charge is -2.22. The smallest absolute Gasteiger partial charge is 0.316 e. The van der Waals surface area contributed by atoms with Gasteiger partial charge in [0.25, 0.3) is 0 Å². The molecule has 0 radical (unpaired) electrons. The summed E-state index contributed by atoms with van der Waals surface area (Å²) in [5, 5.41) is 3.41. The molecule has 0 amide bonds. The summed E-state index contributed by atoms with van der Waals surface area (Å²) in [5.74, 6) is 2.10. The quantitative estimate of drug-likeness (QED) is 0.389. The molecule has 1 rings (SSSR count). The summed E-state index contributed by atoms with van der Waals surface area (Å²) < 4.78 is 29.5. The maximum atomic E-state index is 10.5. The van der Waals surface area contributed by atoms with Gasteiger partial charge in [-0.25, -0.2) is 0 Å². The molecule has 1 aliphatic carbocycles. The third kappa shape index (κ3) is 6.97. The summed E-state index contributed by atoms with van der Waals surface area (Å²) in [6.45, 7) is 4.11. The Balaban J connectivity index is 2.05. The van der Waals surface area contributed by atoms with Gasteiger partial charge in [-0.3, -0.25) is 4.55 Å². The van der Waals surface area contributed by atoms with Gasteiger partial charge in [-0.2, -0.15) is 8.42 Å². The van der Waals surface area contributed by atoms with E-state index >= 15 is 0 Å². The van der Waals surface area contributed by atoms with Gasteiger partial charge in [0.1, 0.15) is 0 Å². The topological polar surface area (TPSA) is 66.4 Å². The van der Waals surface area contributed by atoms with Crippen LogP contribution in [-0.2, 0) is 9.15 Å². The molecule has 108 valence electrons. The summed E-state index contributed by atoms with van der Waals surface area (Å²) in [7, 11) is -3.25. The van der Waals surface area contributed by atoms with Gasteiger partial charge >= 0.3 is 9.15 Å². The minimum atomic E-state index is -3.86. The van der Waals surface area contributed by atoms with Gasteiger partial charge in [-0.15, -0.1) is 0 Å². The second-order valence-corrected chi connectivity index (χ2v) is 8.49. The average molecular weight is 295 g/mol. The Morgan fingerprint density at radius 3 is 2.61 bits per heavy atom. The molecule has 0 bridgehead atoms. The van der Waals surface area contributed by atoms with Crippen molar-refractivity contribution in [3.05, 3.63) is 0 Å². The molecule has 0 aromatic rings. The van der Waals surface area contributed by atoms with E-state index < -0.39 is 9.15 Å². The SMILES string of the molecule is CCC(CNCCCSS(=O)(=O)O)C1CCCC1. The fourth-order valence-corrected chi connectivity index (χ4v) is 4.18. The van der Waals surface area contributed by atoms with E-state index in [1.54, 1.807) is 0 Å². The van der Waals surface area contributed by atoms with Crippen LogP contribution in [0.15, 0.2) is 0 Å². The van der Waals surface area contributed by atoms with Gasteiger partial charge in [0.15, 0.2) is 0 Å². The van der Waals surface area contributed by atoms with Crippen molar-refractivity contribution in [3.8, 4) is 0 Å². The molecule has 1 saturated carbocycles. The zero-order valence-electron chi connectivity index (χ0n) is 11.1. The lowest BCUT2D eigenvalue weighted by Crippen LogP contribution is -2.28. The Bertz CT molecular complexity index is 313. The first-order valence-electron chi connectivity index (χ1n) is 6.85. The Labute approximate surface area is 114 Å². The molecule has 6 heteroatoms. The number of rotatable bonds is 9. The first-order chi connectivity index (χ1) is 8.53. The van der Waals surface area contributed by atoms with E-state index in [1.165, 1.54) is 32.1 Å². The van der Waals surface area contributed by atoms with Crippen LogP contribution in [-0.4, -0.2) is 31.8 Å². The largest absolute Gasteiger partial charge is 0.319 e. The lowest BCUT2D eigenvalue weighted by molar-refractivity contribution is 0.315. The predicted molar refractivity (Wildman–Crippen MR) is 77.2 cm³/mol. The maximum absolute atomic E-state index is 10.5. The average Bonchev–Trinajstić information content (AvgIpc) is 2.80. The van der Waals surface area contributed by atoms with Crippen molar-refractivity contribution >= 4 is 19.9 Å². The van der Waals surface area contributed by atoms with Gasteiger partial charge in [0.2, 0.25) is 0 Å². The summed E-state index contributed by atoms with van der Waals surface area (Å²) in [6.07, 6.45) is 7.50. The van der Waals surface area contributed by atoms with Crippen molar-refractivity contribution < 1.29 is 13.0 Å². The van der Waals surface area contributed by atoms with Crippen LogP contribution in [0.3, 0.4) is 0 Å².